The van der Waals surface area contributed by atoms with E-state index >= 15 is 0 Å². The average Bonchev–Trinajstić information content (AvgIpc) is 2.66. The molecule has 0 atom stereocenters. The fourth-order valence-corrected chi connectivity index (χ4v) is 6.65. The second-order valence-corrected chi connectivity index (χ2v) is 10.8. The van der Waals surface area contributed by atoms with Gasteiger partial charge in [0.25, 0.3) is 0 Å². The highest BCUT2D eigenvalue weighted by Crippen LogP contribution is 2.30. The van der Waals surface area contributed by atoms with Crippen LogP contribution in [0.25, 0.3) is 0 Å². The van der Waals surface area contributed by atoms with Crippen molar-refractivity contribution in [3.05, 3.63) is 28.8 Å². The molecule has 29 heavy (non-hydrogen) atoms. The summed E-state index contributed by atoms with van der Waals surface area (Å²) in [6, 6.07) is 4.19. The Balaban J connectivity index is 1.49. The maximum Gasteiger partial charge on any atom is 0.241 e. The molecule has 2 aliphatic rings. The SMILES string of the molecule is Cc1cc(C)c(S(=O)(=O)NCC2CCC(C(=O)NC3CCCCC3)CC2)c(C)c1. The lowest BCUT2D eigenvalue weighted by Gasteiger charge is -2.30. The molecule has 5 nitrogen and oxygen atoms in total. The summed E-state index contributed by atoms with van der Waals surface area (Å²) in [5.41, 5.74) is 2.65. The van der Waals surface area contributed by atoms with E-state index in [0.29, 0.717) is 23.4 Å². The molecule has 1 aromatic carbocycles. The lowest BCUT2D eigenvalue weighted by atomic mass is 9.81. The van der Waals surface area contributed by atoms with Crippen LogP contribution in [0.5, 0.6) is 0 Å². The Bertz CT molecular complexity index is 798. The molecule has 3 rings (SSSR count). The van der Waals surface area contributed by atoms with Crippen LogP contribution in [0.15, 0.2) is 17.0 Å². The first-order valence-corrected chi connectivity index (χ1v) is 12.6. The van der Waals surface area contributed by atoms with Gasteiger partial charge in [-0.2, -0.15) is 0 Å². The van der Waals surface area contributed by atoms with Crippen molar-refractivity contribution in [1.29, 1.82) is 0 Å². The predicted molar refractivity (Wildman–Crippen MR) is 116 cm³/mol. The first kappa shape index (κ1) is 22.3. The number of rotatable bonds is 6. The summed E-state index contributed by atoms with van der Waals surface area (Å²) in [5, 5.41) is 3.25. The highest BCUT2D eigenvalue weighted by Gasteiger charge is 2.29. The molecular weight excluding hydrogens is 384 g/mol. The van der Waals surface area contributed by atoms with Crippen molar-refractivity contribution in [2.45, 2.75) is 89.5 Å². The van der Waals surface area contributed by atoms with Crippen molar-refractivity contribution in [3.63, 3.8) is 0 Å². The van der Waals surface area contributed by atoms with E-state index in [4.69, 9.17) is 0 Å². The number of sulfonamides is 1. The summed E-state index contributed by atoms with van der Waals surface area (Å²) in [4.78, 5) is 13.0. The first-order chi connectivity index (χ1) is 13.8. The van der Waals surface area contributed by atoms with Crippen LogP contribution in [0.2, 0.25) is 0 Å². The second kappa shape index (κ2) is 9.61. The number of amides is 1. The third-order valence-corrected chi connectivity index (χ3v) is 8.33. The number of aryl methyl sites for hydroxylation is 3. The molecule has 162 valence electrons. The fraction of sp³-hybridized carbons (Fsp3) is 0.696. The standard InChI is InChI=1S/C23H36N2O3S/c1-16-13-17(2)22(18(3)14-16)29(27,28)24-15-19-9-11-20(12-10-19)23(26)25-21-7-5-4-6-8-21/h13-14,19-21,24H,4-12,15H2,1-3H3,(H,25,26). The highest BCUT2D eigenvalue weighted by molar-refractivity contribution is 7.89. The van der Waals surface area contributed by atoms with Gasteiger partial charge in [-0.15, -0.1) is 0 Å². The zero-order valence-corrected chi connectivity index (χ0v) is 18.9. The molecule has 0 unspecified atom stereocenters. The Kier molecular flexibility index (Phi) is 7.38. The zero-order chi connectivity index (χ0) is 21.0. The molecule has 2 saturated carbocycles. The van der Waals surface area contributed by atoms with E-state index in [1.54, 1.807) is 0 Å². The van der Waals surface area contributed by atoms with Crippen LogP contribution in [0.1, 0.15) is 74.5 Å². The van der Waals surface area contributed by atoms with E-state index in [1.165, 1.54) is 19.3 Å². The van der Waals surface area contributed by atoms with Gasteiger partial charge < -0.3 is 5.32 Å². The zero-order valence-electron chi connectivity index (χ0n) is 18.1. The molecule has 0 bridgehead atoms. The van der Waals surface area contributed by atoms with Crippen LogP contribution < -0.4 is 10.0 Å². The molecular formula is C23H36N2O3S. The van der Waals surface area contributed by atoms with E-state index in [9.17, 15) is 13.2 Å². The Morgan fingerprint density at radius 1 is 0.931 bits per heavy atom. The fourth-order valence-electron chi connectivity index (χ4n) is 5.09. The lowest BCUT2D eigenvalue weighted by molar-refractivity contribution is -0.127. The molecule has 6 heteroatoms. The normalized spacial score (nSPS) is 23.7. The van der Waals surface area contributed by atoms with Crippen molar-refractivity contribution in [2.75, 3.05) is 6.54 Å². The number of nitrogens with one attached hydrogen (secondary N) is 2. The minimum Gasteiger partial charge on any atom is -0.353 e. The van der Waals surface area contributed by atoms with Crippen LogP contribution in [0.4, 0.5) is 0 Å². The molecule has 0 spiro atoms. The molecule has 0 radical (unpaired) electrons. The molecule has 0 heterocycles. The molecule has 2 N–H and O–H groups in total. The van der Waals surface area contributed by atoms with Crippen LogP contribution in [-0.4, -0.2) is 26.9 Å². The Morgan fingerprint density at radius 2 is 1.52 bits per heavy atom. The molecule has 1 amide bonds. The van der Waals surface area contributed by atoms with Crippen molar-refractivity contribution in [1.82, 2.24) is 10.0 Å². The third-order valence-electron chi connectivity index (χ3n) is 6.60. The number of hydrogen-bond donors (Lipinski definition) is 2. The topological polar surface area (TPSA) is 75.3 Å². The maximum atomic E-state index is 12.8. The highest BCUT2D eigenvalue weighted by atomic mass is 32.2. The summed E-state index contributed by atoms with van der Waals surface area (Å²) in [6.45, 7) is 6.13. The summed E-state index contributed by atoms with van der Waals surface area (Å²) >= 11 is 0. The van der Waals surface area contributed by atoms with Gasteiger partial charge in [0.05, 0.1) is 4.90 Å². The van der Waals surface area contributed by atoms with Crippen LogP contribution in [0, 0.1) is 32.6 Å². The van der Waals surface area contributed by atoms with Crippen LogP contribution in [-0.2, 0) is 14.8 Å². The van der Waals surface area contributed by atoms with E-state index in [1.807, 2.05) is 32.9 Å². The Labute approximate surface area is 176 Å². The largest absolute Gasteiger partial charge is 0.353 e. The summed E-state index contributed by atoms with van der Waals surface area (Å²) in [7, 11) is -3.52. The second-order valence-electron chi connectivity index (χ2n) is 9.14. The molecule has 0 aromatic heterocycles. The van der Waals surface area contributed by atoms with Gasteiger partial charge in [-0.05, 0) is 76.3 Å². The van der Waals surface area contributed by atoms with Crippen molar-refractivity contribution < 1.29 is 13.2 Å². The van der Waals surface area contributed by atoms with Gasteiger partial charge in [0.1, 0.15) is 0 Å². The van der Waals surface area contributed by atoms with E-state index in [2.05, 4.69) is 10.0 Å². The van der Waals surface area contributed by atoms with Crippen molar-refractivity contribution >= 4 is 15.9 Å². The minimum absolute atomic E-state index is 0.0892. The van der Waals surface area contributed by atoms with Gasteiger partial charge >= 0.3 is 0 Å². The molecule has 2 fully saturated rings. The monoisotopic (exact) mass is 420 g/mol. The third kappa shape index (κ3) is 5.82. The average molecular weight is 421 g/mol. The predicted octanol–water partition coefficient (Wildman–Crippen LogP) is 4.15. The molecule has 0 aliphatic heterocycles. The molecule has 0 saturated heterocycles. The van der Waals surface area contributed by atoms with Crippen LogP contribution in [0.3, 0.4) is 0 Å². The quantitative estimate of drug-likeness (QED) is 0.726. The molecule has 2 aliphatic carbocycles. The van der Waals surface area contributed by atoms with Gasteiger partial charge in [-0.1, -0.05) is 37.0 Å². The summed E-state index contributed by atoms with van der Waals surface area (Å²) in [6.07, 6.45) is 9.46. The van der Waals surface area contributed by atoms with Crippen molar-refractivity contribution in [3.8, 4) is 0 Å². The first-order valence-electron chi connectivity index (χ1n) is 11.1. The van der Waals surface area contributed by atoms with E-state index in [-0.39, 0.29) is 11.8 Å². The van der Waals surface area contributed by atoms with E-state index < -0.39 is 10.0 Å². The minimum atomic E-state index is -3.52. The number of hydrogen-bond acceptors (Lipinski definition) is 3. The smallest absolute Gasteiger partial charge is 0.241 e. The van der Waals surface area contributed by atoms with Gasteiger partial charge in [-0.25, -0.2) is 13.1 Å². The lowest BCUT2D eigenvalue weighted by Crippen LogP contribution is -2.41. The molecule has 1 aromatic rings. The van der Waals surface area contributed by atoms with Gasteiger partial charge in [0.2, 0.25) is 15.9 Å². The number of benzene rings is 1. The number of carbonyl (C=O) groups is 1. The number of carbonyl (C=O) groups excluding carboxylic acids is 1. The summed E-state index contributed by atoms with van der Waals surface area (Å²) < 4.78 is 28.5. The summed E-state index contributed by atoms with van der Waals surface area (Å²) in [5.74, 6) is 0.600. The van der Waals surface area contributed by atoms with Gasteiger partial charge in [-0.3, -0.25) is 4.79 Å². The van der Waals surface area contributed by atoms with E-state index in [0.717, 1.165) is 55.2 Å². The Morgan fingerprint density at radius 3 is 2.10 bits per heavy atom. The Hall–Kier alpha value is -1.40. The van der Waals surface area contributed by atoms with Gasteiger partial charge in [0, 0.05) is 18.5 Å². The maximum absolute atomic E-state index is 12.8. The van der Waals surface area contributed by atoms with Gasteiger partial charge in [0.15, 0.2) is 0 Å². The van der Waals surface area contributed by atoms with Crippen molar-refractivity contribution in [2.24, 2.45) is 11.8 Å². The van der Waals surface area contributed by atoms with Crippen LogP contribution >= 0.6 is 0 Å².